The molecule has 0 aliphatic rings. The molecule has 96 valence electrons. The second-order valence-electron chi connectivity index (χ2n) is 4.04. The molecule has 0 bridgehead atoms. The number of nitrogens with zero attached hydrogens (tertiary/aromatic N) is 3. The molecule has 1 aromatic carbocycles. The minimum absolute atomic E-state index is 0.654. The van der Waals surface area contributed by atoms with Crippen molar-refractivity contribution in [3.8, 4) is 0 Å². The fraction of sp³-hybridized carbons (Fsp3) is 0.0667. The lowest BCUT2D eigenvalue weighted by Crippen LogP contribution is -2.47. The summed E-state index contributed by atoms with van der Waals surface area (Å²) in [6.07, 6.45) is 3.10. The van der Waals surface area contributed by atoms with Crippen LogP contribution in [0, 0.1) is 6.92 Å². The van der Waals surface area contributed by atoms with E-state index >= 15 is 0 Å². The molecule has 2 aromatic rings. The largest absolute Gasteiger partial charge is 0.404 e. The Morgan fingerprint density at radius 3 is 2.58 bits per heavy atom. The van der Waals surface area contributed by atoms with Gasteiger partial charge in [0.2, 0.25) is 0 Å². The molecule has 0 radical (unpaired) electrons. The SMILES string of the molecule is C=Cn1nc(C)c(=CN)c(=Nc2ccccc2)c1=C. The molecule has 0 fully saturated rings. The van der Waals surface area contributed by atoms with E-state index < -0.39 is 0 Å². The molecule has 2 rings (SSSR count). The van der Waals surface area contributed by atoms with E-state index in [1.165, 1.54) is 6.20 Å². The first-order valence-electron chi connectivity index (χ1n) is 5.90. The number of para-hydroxylation sites is 1. The lowest BCUT2D eigenvalue weighted by molar-refractivity contribution is 0.806. The average Bonchev–Trinajstić information content (AvgIpc) is 2.44. The molecule has 0 saturated carbocycles. The van der Waals surface area contributed by atoms with Crippen LogP contribution >= 0.6 is 0 Å². The van der Waals surface area contributed by atoms with Gasteiger partial charge in [-0.2, -0.15) is 5.10 Å². The van der Waals surface area contributed by atoms with Gasteiger partial charge in [0, 0.05) is 17.6 Å². The van der Waals surface area contributed by atoms with Crippen molar-refractivity contribution in [1.82, 2.24) is 9.78 Å². The van der Waals surface area contributed by atoms with E-state index in [-0.39, 0.29) is 0 Å². The first-order chi connectivity index (χ1) is 9.17. The first kappa shape index (κ1) is 12.8. The molecule has 0 saturated heterocycles. The molecule has 0 amide bonds. The summed E-state index contributed by atoms with van der Waals surface area (Å²) in [4.78, 5) is 4.60. The fourth-order valence-corrected chi connectivity index (χ4v) is 1.82. The van der Waals surface area contributed by atoms with Crippen LogP contribution in [0.5, 0.6) is 0 Å². The molecule has 0 unspecified atom stereocenters. The monoisotopic (exact) mass is 252 g/mol. The van der Waals surface area contributed by atoms with Crippen molar-refractivity contribution in [3.05, 3.63) is 58.5 Å². The highest BCUT2D eigenvalue weighted by atomic mass is 15.3. The van der Waals surface area contributed by atoms with Crippen LogP contribution in [0.1, 0.15) is 5.69 Å². The number of benzene rings is 1. The van der Waals surface area contributed by atoms with Gasteiger partial charge in [0.15, 0.2) is 0 Å². The minimum Gasteiger partial charge on any atom is -0.404 e. The number of aromatic nitrogens is 2. The van der Waals surface area contributed by atoms with Crippen LogP contribution in [0.25, 0.3) is 19.0 Å². The molecular formula is C15H16N4. The number of nitrogens with two attached hydrogens (primary N) is 1. The van der Waals surface area contributed by atoms with Crippen LogP contribution in [0.2, 0.25) is 0 Å². The highest BCUT2D eigenvalue weighted by Gasteiger charge is 1.99. The molecule has 19 heavy (non-hydrogen) atoms. The summed E-state index contributed by atoms with van der Waals surface area (Å²) in [7, 11) is 0. The van der Waals surface area contributed by atoms with Crippen LogP contribution in [-0.2, 0) is 0 Å². The summed E-state index contributed by atoms with van der Waals surface area (Å²) in [5.41, 5.74) is 7.30. The van der Waals surface area contributed by atoms with Gasteiger partial charge >= 0.3 is 0 Å². The zero-order valence-electron chi connectivity index (χ0n) is 10.9. The lowest BCUT2D eigenvalue weighted by Gasteiger charge is -2.04. The van der Waals surface area contributed by atoms with Gasteiger partial charge in [0.1, 0.15) is 0 Å². The van der Waals surface area contributed by atoms with Crippen molar-refractivity contribution in [2.24, 2.45) is 10.7 Å². The molecule has 2 N–H and O–H groups in total. The maximum atomic E-state index is 5.68. The standard InChI is InChI=1S/C15H16N4/c1-4-19-12(3)15(14(10-16)11(2)18-19)17-13-8-6-5-7-9-13/h4-10H,1,3,16H2,2H3. The van der Waals surface area contributed by atoms with Crippen molar-refractivity contribution < 1.29 is 0 Å². The van der Waals surface area contributed by atoms with Crippen molar-refractivity contribution in [3.63, 3.8) is 0 Å². The highest BCUT2D eigenvalue weighted by molar-refractivity contribution is 5.37. The van der Waals surface area contributed by atoms with Crippen LogP contribution in [0.3, 0.4) is 0 Å². The Hall–Kier alpha value is -2.62. The Bertz CT molecular complexity index is 770. The highest BCUT2D eigenvalue weighted by Crippen LogP contribution is 2.07. The topological polar surface area (TPSA) is 56.2 Å². The second kappa shape index (κ2) is 5.35. The Balaban J connectivity index is 2.90. The van der Waals surface area contributed by atoms with Crippen molar-refractivity contribution in [2.75, 3.05) is 0 Å². The number of hydrogen-bond acceptors (Lipinski definition) is 3. The molecule has 0 spiro atoms. The van der Waals surface area contributed by atoms with E-state index in [0.29, 0.717) is 10.7 Å². The van der Waals surface area contributed by atoms with Gasteiger partial charge in [0.05, 0.1) is 22.1 Å². The number of rotatable bonds is 2. The Morgan fingerprint density at radius 1 is 1.32 bits per heavy atom. The van der Waals surface area contributed by atoms with Crippen LogP contribution in [0.15, 0.2) is 41.9 Å². The molecule has 0 aliphatic heterocycles. The normalized spacial score (nSPS) is 12.7. The quantitative estimate of drug-likeness (QED) is 0.852. The summed E-state index contributed by atoms with van der Waals surface area (Å²) in [5, 5.41) is 6.48. The third-order valence-corrected chi connectivity index (χ3v) is 2.79. The van der Waals surface area contributed by atoms with Gasteiger partial charge in [-0.05, 0) is 19.1 Å². The molecule has 1 heterocycles. The maximum Gasteiger partial charge on any atom is 0.0993 e. The predicted molar refractivity (Wildman–Crippen MR) is 78.4 cm³/mol. The molecule has 0 atom stereocenters. The molecule has 1 aromatic heterocycles. The lowest BCUT2D eigenvalue weighted by atomic mass is 10.3. The van der Waals surface area contributed by atoms with E-state index in [1.54, 1.807) is 10.9 Å². The molecule has 4 nitrogen and oxygen atoms in total. The van der Waals surface area contributed by atoms with Gasteiger partial charge in [-0.25, -0.2) is 9.67 Å². The van der Waals surface area contributed by atoms with Crippen molar-refractivity contribution in [1.29, 1.82) is 0 Å². The van der Waals surface area contributed by atoms with Crippen LogP contribution in [0.4, 0.5) is 5.69 Å². The third kappa shape index (κ3) is 2.47. The van der Waals surface area contributed by atoms with Gasteiger partial charge in [-0.3, -0.25) is 0 Å². The number of hydrogen-bond donors (Lipinski definition) is 1. The van der Waals surface area contributed by atoms with E-state index in [1.807, 2.05) is 37.3 Å². The maximum absolute atomic E-state index is 5.68. The zero-order chi connectivity index (χ0) is 13.8. The third-order valence-electron chi connectivity index (χ3n) is 2.79. The van der Waals surface area contributed by atoms with E-state index in [2.05, 4.69) is 23.2 Å². The van der Waals surface area contributed by atoms with Crippen LogP contribution in [-0.4, -0.2) is 9.78 Å². The first-order valence-corrected chi connectivity index (χ1v) is 5.90. The smallest absolute Gasteiger partial charge is 0.0993 e. The number of aryl methyl sites for hydroxylation is 1. The van der Waals surface area contributed by atoms with E-state index in [4.69, 9.17) is 5.73 Å². The summed E-state index contributed by atoms with van der Waals surface area (Å²) in [5.74, 6) is 0. The van der Waals surface area contributed by atoms with Gasteiger partial charge in [0.25, 0.3) is 0 Å². The van der Waals surface area contributed by atoms with E-state index in [0.717, 1.165) is 16.6 Å². The molecule has 0 aliphatic carbocycles. The minimum atomic E-state index is 0.654. The molecular weight excluding hydrogens is 236 g/mol. The summed E-state index contributed by atoms with van der Waals surface area (Å²) < 4.78 is 1.60. The Labute approximate surface area is 111 Å². The van der Waals surface area contributed by atoms with Crippen molar-refractivity contribution >= 4 is 24.7 Å². The Kier molecular flexibility index (Phi) is 3.61. The zero-order valence-corrected chi connectivity index (χ0v) is 10.9. The summed E-state index contributed by atoms with van der Waals surface area (Å²) in [6.45, 7) is 9.59. The Morgan fingerprint density at radius 2 is 2.00 bits per heavy atom. The van der Waals surface area contributed by atoms with Gasteiger partial charge in [-0.1, -0.05) is 31.4 Å². The predicted octanol–water partition coefficient (Wildman–Crippen LogP) is 0.631. The summed E-state index contributed by atoms with van der Waals surface area (Å²) in [6, 6.07) is 9.66. The van der Waals surface area contributed by atoms with E-state index in [9.17, 15) is 0 Å². The molecule has 4 heteroatoms. The van der Waals surface area contributed by atoms with Gasteiger partial charge in [-0.15, -0.1) is 0 Å². The van der Waals surface area contributed by atoms with Crippen LogP contribution < -0.4 is 21.7 Å². The van der Waals surface area contributed by atoms with Crippen molar-refractivity contribution in [2.45, 2.75) is 6.92 Å². The second-order valence-corrected chi connectivity index (χ2v) is 4.04. The van der Waals surface area contributed by atoms with Gasteiger partial charge < -0.3 is 5.73 Å². The fourth-order valence-electron chi connectivity index (χ4n) is 1.82. The summed E-state index contributed by atoms with van der Waals surface area (Å²) >= 11 is 0. The average molecular weight is 252 g/mol.